The highest BCUT2D eigenvalue weighted by Gasteiger charge is 2.31. The van der Waals surface area contributed by atoms with Gasteiger partial charge in [0.25, 0.3) is 5.91 Å². The van der Waals surface area contributed by atoms with Crippen LogP contribution in [0.3, 0.4) is 0 Å². The van der Waals surface area contributed by atoms with Crippen LogP contribution in [0.4, 0.5) is 5.69 Å². The zero-order valence-corrected chi connectivity index (χ0v) is 11.8. The molecule has 2 unspecified atom stereocenters. The number of nitrogens with zero attached hydrogens (tertiary/aromatic N) is 1. The summed E-state index contributed by atoms with van der Waals surface area (Å²) in [5.41, 5.74) is 3.27. The molecule has 102 valence electrons. The van der Waals surface area contributed by atoms with Crippen LogP contribution in [0.5, 0.6) is 0 Å². The molecule has 2 heterocycles. The Hall–Kier alpha value is -1.51. The van der Waals surface area contributed by atoms with Crippen molar-refractivity contribution in [1.82, 2.24) is 4.90 Å². The highest BCUT2D eigenvalue weighted by atomic mass is 16.2. The van der Waals surface area contributed by atoms with E-state index < -0.39 is 0 Å². The summed E-state index contributed by atoms with van der Waals surface area (Å²) < 4.78 is 0. The monoisotopic (exact) mass is 258 g/mol. The lowest BCUT2D eigenvalue weighted by Crippen LogP contribution is -2.30. The molecular weight excluding hydrogens is 236 g/mol. The average Bonchev–Trinajstić information content (AvgIpc) is 2.77. The number of nitrogens with one attached hydrogen (secondary N) is 1. The Bertz CT molecular complexity index is 488. The summed E-state index contributed by atoms with van der Waals surface area (Å²) in [6.07, 6.45) is 2.13. The summed E-state index contributed by atoms with van der Waals surface area (Å²) in [7, 11) is 0. The standard InChI is InChI=1S/C16H22N2O/c1-11-9-18(10-12(11)2)16(19)14-5-3-7-15-13(14)6-4-8-17-15/h3,5,7,11-12,17H,4,6,8-10H2,1-2H3. The maximum Gasteiger partial charge on any atom is 0.254 e. The van der Waals surface area contributed by atoms with Crippen molar-refractivity contribution in [2.75, 3.05) is 25.0 Å². The van der Waals surface area contributed by atoms with Gasteiger partial charge in [0.2, 0.25) is 0 Å². The molecule has 0 bridgehead atoms. The number of likely N-dealkylation sites (tertiary alicyclic amines) is 1. The SMILES string of the molecule is CC1CN(C(=O)c2cccc3c2CCCN3)CC1C. The summed E-state index contributed by atoms with van der Waals surface area (Å²) in [4.78, 5) is 14.7. The minimum atomic E-state index is 0.219. The van der Waals surface area contributed by atoms with Crippen LogP contribution in [0.15, 0.2) is 18.2 Å². The number of hydrogen-bond donors (Lipinski definition) is 1. The van der Waals surface area contributed by atoms with Crippen molar-refractivity contribution in [3.05, 3.63) is 29.3 Å². The zero-order valence-electron chi connectivity index (χ0n) is 11.8. The van der Waals surface area contributed by atoms with Crippen LogP contribution in [0.1, 0.15) is 36.2 Å². The molecule has 0 aromatic heterocycles. The quantitative estimate of drug-likeness (QED) is 0.840. The molecule has 2 aliphatic rings. The molecule has 1 N–H and O–H groups in total. The van der Waals surface area contributed by atoms with Gasteiger partial charge in [-0.1, -0.05) is 19.9 Å². The minimum absolute atomic E-state index is 0.219. The summed E-state index contributed by atoms with van der Waals surface area (Å²) in [6, 6.07) is 6.07. The fourth-order valence-electron chi connectivity index (χ4n) is 3.18. The molecular formula is C16H22N2O. The van der Waals surface area contributed by atoms with Gasteiger partial charge in [0, 0.05) is 30.9 Å². The maximum atomic E-state index is 12.7. The van der Waals surface area contributed by atoms with Gasteiger partial charge in [-0.25, -0.2) is 0 Å². The highest BCUT2D eigenvalue weighted by molar-refractivity contribution is 5.97. The van der Waals surface area contributed by atoms with Gasteiger partial charge in [0.15, 0.2) is 0 Å². The van der Waals surface area contributed by atoms with Gasteiger partial charge in [-0.2, -0.15) is 0 Å². The summed E-state index contributed by atoms with van der Waals surface area (Å²) in [5.74, 6) is 1.44. The molecule has 1 aromatic rings. The van der Waals surface area contributed by atoms with Crippen molar-refractivity contribution >= 4 is 11.6 Å². The third-order valence-electron chi connectivity index (χ3n) is 4.60. The first kappa shape index (κ1) is 12.5. The first-order valence-electron chi connectivity index (χ1n) is 7.32. The van der Waals surface area contributed by atoms with Gasteiger partial charge in [-0.3, -0.25) is 4.79 Å². The number of benzene rings is 1. The predicted octanol–water partition coefficient (Wildman–Crippen LogP) is 2.77. The molecule has 3 rings (SSSR count). The molecule has 3 heteroatoms. The van der Waals surface area contributed by atoms with Crippen molar-refractivity contribution in [3.63, 3.8) is 0 Å². The first-order valence-corrected chi connectivity index (χ1v) is 7.32. The topological polar surface area (TPSA) is 32.3 Å². The number of amides is 1. The van der Waals surface area contributed by atoms with Crippen LogP contribution < -0.4 is 5.32 Å². The second-order valence-corrected chi connectivity index (χ2v) is 6.03. The third kappa shape index (κ3) is 2.22. The van der Waals surface area contributed by atoms with E-state index in [1.165, 1.54) is 5.56 Å². The van der Waals surface area contributed by atoms with Crippen molar-refractivity contribution < 1.29 is 4.79 Å². The Morgan fingerprint density at radius 2 is 2.00 bits per heavy atom. The van der Waals surface area contributed by atoms with E-state index in [-0.39, 0.29) is 5.91 Å². The minimum Gasteiger partial charge on any atom is -0.385 e. The Balaban J connectivity index is 1.88. The molecule has 3 nitrogen and oxygen atoms in total. The van der Waals surface area contributed by atoms with Crippen molar-refractivity contribution in [3.8, 4) is 0 Å². The maximum absolute atomic E-state index is 12.7. The van der Waals surface area contributed by atoms with Gasteiger partial charge in [-0.15, -0.1) is 0 Å². The number of carbonyl (C=O) groups excluding carboxylic acids is 1. The van der Waals surface area contributed by atoms with Gasteiger partial charge in [0.05, 0.1) is 0 Å². The average molecular weight is 258 g/mol. The fourth-order valence-corrected chi connectivity index (χ4v) is 3.18. The number of anilines is 1. The number of fused-ring (bicyclic) bond motifs is 1. The molecule has 1 saturated heterocycles. The molecule has 0 saturated carbocycles. The van der Waals surface area contributed by atoms with Crippen molar-refractivity contribution in [2.24, 2.45) is 11.8 Å². The van der Waals surface area contributed by atoms with E-state index in [0.29, 0.717) is 11.8 Å². The van der Waals surface area contributed by atoms with E-state index in [1.807, 2.05) is 17.0 Å². The highest BCUT2D eigenvalue weighted by Crippen LogP contribution is 2.29. The van der Waals surface area contributed by atoms with Crippen LogP contribution in [0.2, 0.25) is 0 Å². The second kappa shape index (κ2) is 4.87. The second-order valence-electron chi connectivity index (χ2n) is 6.03. The van der Waals surface area contributed by atoms with E-state index in [0.717, 1.165) is 43.7 Å². The van der Waals surface area contributed by atoms with E-state index in [2.05, 4.69) is 25.2 Å². The molecule has 0 radical (unpaired) electrons. The largest absolute Gasteiger partial charge is 0.385 e. The Kier molecular flexibility index (Phi) is 3.21. The van der Waals surface area contributed by atoms with E-state index in [4.69, 9.17) is 0 Å². The van der Waals surface area contributed by atoms with E-state index in [9.17, 15) is 4.79 Å². The summed E-state index contributed by atoms with van der Waals surface area (Å²) in [6.45, 7) is 7.29. The molecule has 0 spiro atoms. The predicted molar refractivity (Wildman–Crippen MR) is 77.5 cm³/mol. The molecule has 1 fully saturated rings. The van der Waals surface area contributed by atoms with E-state index in [1.54, 1.807) is 0 Å². The smallest absolute Gasteiger partial charge is 0.254 e. The van der Waals surface area contributed by atoms with Crippen molar-refractivity contribution in [1.29, 1.82) is 0 Å². The van der Waals surface area contributed by atoms with E-state index >= 15 is 0 Å². The summed E-state index contributed by atoms with van der Waals surface area (Å²) in [5, 5.41) is 3.40. The Morgan fingerprint density at radius 1 is 1.26 bits per heavy atom. The Morgan fingerprint density at radius 3 is 2.74 bits per heavy atom. The first-order chi connectivity index (χ1) is 9.16. The van der Waals surface area contributed by atoms with Crippen LogP contribution in [0.25, 0.3) is 0 Å². The lowest BCUT2D eigenvalue weighted by Gasteiger charge is -2.23. The molecule has 0 aliphatic carbocycles. The zero-order chi connectivity index (χ0) is 13.4. The van der Waals surface area contributed by atoms with Crippen LogP contribution >= 0.6 is 0 Å². The van der Waals surface area contributed by atoms with Gasteiger partial charge in [-0.05, 0) is 42.4 Å². The van der Waals surface area contributed by atoms with Crippen molar-refractivity contribution in [2.45, 2.75) is 26.7 Å². The molecule has 1 amide bonds. The number of hydrogen-bond acceptors (Lipinski definition) is 2. The normalized spacial score (nSPS) is 25.9. The van der Waals surface area contributed by atoms with Gasteiger partial charge in [0.1, 0.15) is 0 Å². The summed E-state index contributed by atoms with van der Waals surface area (Å²) >= 11 is 0. The Labute approximate surface area is 115 Å². The molecule has 2 atom stereocenters. The number of rotatable bonds is 1. The number of carbonyl (C=O) groups is 1. The molecule has 1 aromatic carbocycles. The lowest BCUT2D eigenvalue weighted by molar-refractivity contribution is 0.0784. The van der Waals surface area contributed by atoms with Gasteiger partial charge >= 0.3 is 0 Å². The van der Waals surface area contributed by atoms with Crippen LogP contribution in [-0.2, 0) is 6.42 Å². The third-order valence-corrected chi connectivity index (χ3v) is 4.60. The van der Waals surface area contributed by atoms with Gasteiger partial charge < -0.3 is 10.2 Å². The lowest BCUT2D eigenvalue weighted by atomic mass is 9.97. The molecule has 19 heavy (non-hydrogen) atoms. The van der Waals surface area contributed by atoms with Crippen LogP contribution in [0, 0.1) is 11.8 Å². The molecule has 2 aliphatic heterocycles. The fraction of sp³-hybridized carbons (Fsp3) is 0.562. The van der Waals surface area contributed by atoms with Crippen LogP contribution in [-0.4, -0.2) is 30.4 Å².